The molecule has 0 spiro atoms. The van der Waals surface area contributed by atoms with Crippen LogP contribution in [-0.2, 0) is 16.6 Å². The van der Waals surface area contributed by atoms with Crippen molar-refractivity contribution in [3.63, 3.8) is 0 Å². The predicted octanol–water partition coefficient (Wildman–Crippen LogP) is 3.87. The van der Waals surface area contributed by atoms with Gasteiger partial charge < -0.3 is 5.32 Å². The summed E-state index contributed by atoms with van der Waals surface area (Å²) in [4.78, 5) is 23.3. The molecule has 0 aliphatic carbocycles. The Balaban J connectivity index is 1.32. The Morgan fingerprint density at radius 1 is 1.08 bits per heavy atom. The molecule has 0 unspecified atom stereocenters. The van der Waals surface area contributed by atoms with E-state index in [1.165, 1.54) is 18.3 Å². The highest BCUT2D eigenvalue weighted by Gasteiger charge is 2.33. The van der Waals surface area contributed by atoms with Crippen LogP contribution in [0.4, 0.5) is 20.3 Å². The average molecular weight is 542 g/mol. The van der Waals surface area contributed by atoms with E-state index in [1.54, 1.807) is 12.4 Å². The zero-order chi connectivity index (χ0) is 26.9. The Labute approximate surface area is 217 Å². The number of nitrogens with zero attached hydrogens (tertiary/aromatic N) is 4. The second-order valence-corrected chi connectivity index (χ2v) is 11.1. The molecule has 0 bridgehead atoms. The van der Waals surface area contributed by atoms with Gasteiger partial charge in [-0.05, 0) is 41.5 Å². The number of piperidine rings is 1. The van der Waals surface area contributed by atoms with Crippen molar-refractivity contribution >= 4 is 38.3 Å². The number of aromatic amines is 1. The number of carbonyl (C=O) groups excluding carboxylic acids is 1. The number of aromatic nitrogens is 4. The number of nitrogens with one attached hydrogen (secondary N) is 3. The van der Waals surface area contributed by atoms with E-state index in [-0.39, 0.29) is 24.4 Å². The summed E-state index contributed by atoms with van der Waals surface area (Å²) in [5, 5.41) is 10.3. The molecule has 0 radical (unpaired) electrons. The van der Waals surface area contributed by atoms with Crippen molar-refractivity contribution in [3.8, 4) is 11.1 Å². The maximum atomic E-state index is 13.5. The fourth-order valence-corrected chi connectivity index (χ4v) is 4.80. The van der Waals surface area contributed by atoms with E-state index in [4.69, 9.17) is 0 Å². The van der Waals surface area contributed by atoms with Crippen LogP contribution in [-0.4, -0.2) is 64.7 Å². The van der Waals surface area contributed by atoms with Crippen LogP contribution in [0.25, 0.3) is 22.0 Å². The van der Waals surface area contributed by atoms with E-state index in [0.717, 1.165) is 22.9 Å². The summed E-state index contributed by atoms with van der Waals surface area (Å²) in [5.74, 6) is -2.92. The molecule has 3 aromatic heterocycles. The third kappa shape index (κ3) is 6.11. The zero-order valence-electron chi connectivity index (χ0n) is 20.4. The molecule has 38 heavy (non-hydrogen) atoms. The number of benzene rings is 1. The molecule has 1 aliphatic rings. The molecule has 4 aromatic rings. The number of hydrogen-bond acceptors (Lipinski definition) is 7. The smallest absolute Gasteiger partial charge is 0.276 e. The highest BCUT2D eigenvalue weighted by Crippen LogP contribution is 2.30. The van der Waals surface area contributed by atoms with Gasteiger partial charge in [0.1, 0.15) is 5.82 Å². The predicted molar refractivity (Wildman–Crippen MR) is 139 cm³/mol. The Hall–Kier alpha value is -3.97. The highest BCUT2D eigenvalue weighted by atomic mass is 32.2. The van der Waals surface area contributed by atoms with Gasteiger partial charge in [-0.1, -0.05) is 6.07 Å². The fourth-order valence-electron chi connectivity index (χ4n) is 4.30. The number of rotatable bonds is 7. The summed E-state index contributed by atoms with van der Waals surface area (Å²) in [6, 6.07) is 10.5. The minimum Gasteiger partial charge on any atom is -0.319 e. The maximum Gasteiger partial charge on any atom is 0.276 e. The van der Waals surface area contributed by atoms with E-state index >= 15 is 0 Å². The van der Waals surface area contributed by atoms with Crippen LogP contribution in [0.1, 0.15) is 28.9 Å². The summed E-state index contributed by atoms with van der Waals surface area (Å²) in [6.07, 6.45) is 5.53. The standard InChI is InChI=1S/C25H25F2N7O3S/c1-38(36,37)33-22-5-3-19(14-29-22)30-24(35)23-20-11-17(2-4-21(20)31-32-23)18-10-16(12-28-13-18)15-34-8-6-25(26,27)7-9-34/h2-5,10-14H,6-9,15H2,1H3,(H,29,33)(H,30,35)(H,31,32). The van der Waals surface area contributed by atoms with Crippen molar-refractivity contribution < 1.29 is 22.0 Å². The molecule has 1 aliphatic heterocycles. The number of hydrogen-bond donors (Lipinski definition) is 3. The summed E-state index contributed by atoms with van der Waals surface area (Å²) in [7, 11) is -3.46. The van der Waals surface area contributed by atoms with Crippen LogP contribution in [0.15, 0.2) is 55.0 Å². The first-order valence-corrected chi connectivity index (χ1v) is 13.7. The number of halogens is 2. The van der Waals surface area contributed by atoms with Crippen LogP contribution in [0.2, 0.25) is 0 Å². The van der Waals surface area contributed by atoms with Gasteiger partial charge in [-0.2, -0.15) is 5.10 Å². The number of pyridine rings is 2. The molecule has 13 heteroatoms. The molecule has 1 aromatic carbocycles. The molecule has 1 fully saturated rings. The van der Waals surface area contributed by atoms with Crippen LogP contribution >= 0.6 is 0 Å². The number of anilines is 2. The van der Waals surface area contributed by atoms with Crippen molar-refractivity contribution in [2.75, 3.05) is 29.4 Å². The quantitative estimate of drug-likeness (QED) is 0.323. The summed E-state index contributed by atoms with van der Waals surface area (Å²) >= 11 is 0. The number of fused-ring (bicyclic) bond motifs is 1. The van der Waals surface area contributed by atoms with Crippen LogP contribution in [0, 0.1) is 0 Å². The second-order valence-electron chi connectivity index (χ2n) is 9.31. The topological polar surface area (TPSA) is 133 Å². The lowest BCUT2D eigenvalue weighted by atomic mass is 10.0. The molecular formula is C25H25F2N7O3S. The van der Waals surface area contributed by atoms with E-state index in [2.05, 4.69) is 30.2 Å². The third-order valence-corrected chi connectivity index (χ3v) is 6.79. The van der Waals surface area contributed by atoms with Crippen LogP contribution < -0.4 is 10.0 Å². The van der Waals surface area contributed by atoms with Crippen molar-refractivity contribution in [1.29, 1.82) is 0 Å². The molecule has 3 N–H and O–H groups in total. The lowest BCUT2D eigenvalue weighted by Gasteiger charge is -2.31. The Bertz CT molecular complexity index is 1580. The van der Waals surface area contributed by atoms with Gasteiger partial charge in [-0.25, -0.2) is 22.2 Å². The third-order valence-electron chi connectivity index (χ3n) is 6.21. The first-order valence-electron chi connectivity index (χ1n) is 11.8. The lowest BCUT2D eigenvalue weighted by Crippen LogP contribution is -2.38. The number of likely N-dealkylation sites (tertiary alicyclic amines) is 1. The van der Waals surface area contributed by atoms with Crippen LogP contribution in [0.3, 0.4) is 0 Å². The molecule has 5 rings (SSSR count). The Morgan fingerprint density at radius 3 is 2.58 bits per heavy atom. The number of sulfonamides is 1. The summed E-state index contributed by atoms with van der Waals surface area (Å²) in [5.41, 5.74) is 3.79. The number of amides is 1. The van der Waals surface area contributed by atoms with Gasteiger partial charge in [0.05, 0.1) is 23.7 Å². The average Bonchev–Trinajstić information content (AvgIpc) is 3.29. The minimum absolute atomic E-state index is 0.134. The highest BCUT2D eigenvalue weighted by molar-refractivity contribution is 7.92. The van der Waals surface area contributed by atoms with Gasteiger partial charge in [-0.15, -0.1) is 0 Å². The normalized spacial score (nSPS) is 15.9. The summed E-state index contributed by atoms with van der Waals surface area (Å²) in [6.45, 7) is 1.21. The molecule has 198 valence electrons. The summed E-state index contributed by atoms with van der Waals surface area (Å²) < 4.78 is 51.9. The second kappa shape index (κ2) is 10.1. The number of H-pyrrole nitrogens is 1. The van der Waals surface area contributed by atoms with E-state index < -0.39 is 21.9 Å². The molecule has 0 atom stereocenters. The largest absolute Gasteiger partial charge is 0.319 e. The van der Waals surface area contributed by atoms with Crippen molar-refractivity contribution in [3.05, 3.63) is 66.2 Å². The van der Waals surface area contributed by atoms with Crippen molar-refractivity contribution in [2.45, 2.75) is 25.3 Å². The van der Waals surface area contributed by atoms with Gasteiger partial charge in [0.2, 0.25) is 10.0 Å². The van der Waals surface area contributed by atoms with Gasteiger partial charge in [0.15, 0.2) is 5.69 Å². The molecule has 0 saturated carbocycles. The monoisotopic (exact) mass is 541 g/mol. The van der Waals surface area contributed by atoms with E-state index in [1.807, 2.05) is 29.2 Å². The minimum atomic E-state index is -3.46. The first kappa shape index (κ1) is 25.7. The van der Waals surface area contributed by atoms with Gasteiger partial charge >= 0.3 is 0 Å². The molecule has 1 amide bonds. The van der Waals surface area contributed by atoms with Gasteiger partial charge in [-0.3, -0.25) is 24.5 Å². The van der Waals surface area contributed by atoms with Gasteiger partial charge in [0, 0.05) is 55.8 Å². The van der Waals surface area contributed by atoms with Crippen molar-refractivity contribution in [2.24, 2.45) is 0 Å². The molecule has 1 saturated heterocycles. The maximum absolute atomic E-state index is 13.5. The molecular weight excluding hydrogens is 516 g/mol. The number of alkyl halides is 2. The SMILES string of the molecule is CS(=O)(=O)Nc1ccc(NC(=O)c2n[nH]c3ccc(-c4cncc(CN5CCC(F)(F)CC5)c4)cc23)cn1. The van der Waals surface area contributed by atoms with E-state index in [9.17, 15) is 22.0 Å². The first-order chi connectivity index (χ1) is 18.0. The Kier molecular flexibility index (Phi) is 6.80. The zero-order valence-corrected chi connectivity index (χ0v) is 21.2. The molecule has 10 nitrogen and oxygen atoms in total. The fraction of sp³-hybridized carbons (Fsp3) is 0.280. The van der Waals surface area contributed by atoms with Crippen molar-refractivity contribution in [1.82, 2.24) is 25.1 Å². The van der Waals surface area contributed by atoms with Gasteiger partial charge in [0.25, 0.3) is 11.8 Å². The molecule has 4 heterocycles. The lowest BCUT2D eigenvalue weighted by molar-refractivity contribution is -0.0566. The Morgan fingerprint density at radius 2 is 1.87 bits per heavy atom. The number of carbonyl (C=O) groups is 1. The van der Waals surface area contributed by atoms with Crippen LogP contribution in [0.5, 0.6) is 0 Å². The van der Waals surface area contributed by atoms with E-state index in [0.29, 0.717) is 36.2 Å².